The zero-order valence-electron chi connectivity index (χ0n) is 15.9. The Morgan fingerprint density at radius 1 is 1.14 bits per heavy atom. The molecule has 0 aromatic heterocycles. The molecule has 0 aliphatic carbocycles. The van der Waals surface area contributed by atoms with Crippen LogP contribution in [0.4, 0.5) is 0 Å². The van der Waals surface area contributed by atoms with Crippen LogP contribution in [-0.4, -0.2) is 39.3 Å². The lowest BCUT2D eigenvalue weighted by Gasteiger charge is -2.37. The van der Waals surface area contributed by atoms with Crippen LogP contribution in [0.3, 0.4) is 0 Å². The smallest absolute Gasteiger partial charge is 0.251 e. The predicted molar refractivity (Wildman–Crippen MR) is 114 cm³/mol. The van der Waals surface area contributed by atoms with Crippen LogP contribution in [0.25, 0.3) is 0 Å². The highest BCUT2D eigenvalue weighted by Crippen LogP contribution is 2.28. The van der Waals surface area contributed by atoms with Gasteiger partial charge < -0.3 is 20.1 Å². The summed E-state index contributed by atoms with van der Waals surface area (Å²) >= 11 is 5.96. The summed E-state index contributed by atoms with van der Waals surface area (Å²) < 4.78 is 11.2. The fraction of sp³-hybridized carbons (Fsp3) is 0.381. The monoisotopic (exact) mass is 424 g/mol. The lowest BCUT2D eigenvalue weighted by Crippen LogP contribution is -2.47. The van der Waals surface area contributed by atoms with E-state index in [1.54, 1.807) is 43.5 Å². The quantitative estimate of drug-likeness (QED) is 0.695. The summed E-state index contributed by atoms with van der Waals surface area (Å²) in [6.07, 6.45) is 1.99. The average molecular weight is 425 g/mol. The molecule has 1 amide bonds. The number of carbonyl (C=O) groups excluding carboxylic acids is 1. The van der Waals surface area contributed by atoms with E-state index in [2.05, 4.69) is 10.6 Å². The van der Waals surface area contributed by atoms with Crippen molar-refractivity contribution in [1.82, 2.24) is 10.6 Å². The maximum absolute atomic E-state index is 12.5. The molecule has 7 heteroatoms. The summed E-state index contributed by atoms with van der Waals surface area (Å²) in [6.45, 7) is 3.17. The number of halogens is 2. The van der Waals surface area contributed by atoms with Gasteiger partial charge in [-0.1, -0.05) is 17.7 Å². The van der Waals surface area contributed by atoms with E-state index in [-0.39, 0.29) is 23.7 Å². The normalized spacial score (nSPS) is 15.4. The van der Waals surface area contributed by atoms with E-state index in [1.807, 2.05) is 12.1 Å². The van der Waals surface area contributed by atoms with E-state index < -0.39 is 0 Å². The molecule has 0 unspecified atom stereocenters. The highest BCUT2D eigenvalue weighted by molar-refractivity contribution is 6.30. The van der Waals surface area contributed by atoms with Gasteiger partial charge in [-0.3, -0.25) is 4.79 Å². The third kappa shape index (κ3) is 6.11. The van der Waals surface area contributed by atoms with Gasteiger partial charge in [0, 0.05) is 29.7 Å². The fourth-order valence-corrected chi connectivity index (χ4v) is 3.53. The first kappa shape index (κ1) is 22.5. The first-order valence-electron chi connectivity index (χ1n) is 9.12. The maximum atomic E-state index is 12.5. The van der Waals surface area contributed by atoms with Crippen LogP contribution in [0.15, 0.2) is 48.5 Å². The second-order valence-electron chi connectivity index (χ2n) is 6.95. The third-order valence-corrected chi connectivity index (χ3v) is 5.12. The summed E-state index contributed by atoms with van der Waals surface area (Å²) in [5, 5.41) is 7.04. The van der Waals surface area contributed by atoms with Crippen molar-refractivity contribution in [1.29, 1.82) is 0 Å². The van der Waals surface area contributed by atoms with E-state index in [1.165, 1.54) is 0 Å². The van der Waals surface area contributed by atoms with Crippen molar-refractivity contribution in [2.75, 3.05) is 33.4 Å². The minimum absolute atomic E-state index is 0. The highest BCUT2D eigenvalue weighted by Gasteiger charge is 2.32. The molecule has 1 fully saturated rings. The maximum Gasteiger partial charge on any atom is 0.251 e. The van der Waals surface area contributed by atoms with Gasteiger partial charge in [0.2, 0.25) is 0 Å². The Kier molecular flexibility index (Phi) is 8.58. The van der Waals surface area contributed by atoms with Crippen LogP contribution in [0, 0.1) is 5.41 Å². The van der Waals surface area contributed by atoms with Gasteiger partial charge in [-0.05, 0) is 68.4 Å². The van der Waals surface area contributed by atoms with Crippen LogP contribution < -0.4 is 15.4 Å². The molecule has 28 heavy (non-hydrogen) atoms. The number of hydrogen-bond acceptors (Lipinski definition) is 4. The number of hydrogen-bond donors (Lipinski definition) is 2. The van der Waals surface area contributed by atoms with E-state index in [4.69, 9.17) is 21.1 Å². The van der Waals surface area contributed by atoms with E-state index in [0.717, 1.165) is 25.9 Å². The van der Waals surface area contributed by atoms with Gasteiger partial charge in [0.25, 0.3) is 5.91 Å². The molecule has 1 aliphatic heterocycles. The zero-order chi connectivity index (χ0) is 19.1. The molecule has 2 aromatic carbocycles. The second kappa shape index (κ2) is 10.7. The Hall–Kier alpha value is -1.79. The molecular weight excluding hydrogens is 399 g/mol. The van der Waals surface area contributed by atoms with Gasteiger partial charge in [-0.2, -0.15) is 0 Å². The van der Waals surface area contributed by atoms with Crippen molar-refractivity contribution >= 4 is 29.9 Å². The molecule has 0 radical (unpaired) electrons. The van der Waals surface area contributed by atoms with E-state index in [0.29, 0.717) is 35.2 Å². The zero-order valence-corrected chi connectivity index (χ0v) is 17.4. The standard InChI is InChI=1S/C21H25ClN2O3.ClH/c1-26-15-21(9-11-23-12-10-21)14-24-20(25)16-5-7-18(8-6-16)27-19-4-2-3-17(22)13-19;/h2-8,13,23H,9-12,14-15H2,1H3,(H,24,25);1H. The van der Waals surface area contributed by atoms with E-state index in [9.17, 15) is 4.79 Å². The van der Waals surface area contributed by atoms with Crippen molar-refractivity contribution < 1.29 is 14.3 Å². The number of piperidine rings is 1. The van der Waals surface area contributed by atoms with Crippen LogP contribution in [0.5, 0.6) is 11.5 Å². The summed E-state index contributed by atoms with van der Waals surface area (Å²) in [5.41, 5.74) is 0.612. The number of rotatable bonds is 7. The van der Waals surface area contributed by atoms with Crippen molar-refractivity contribution in [3.05, 3.63) is 59.1 Å². The number of methoxy groups -OCH3 is 1. The minimum atomic E-state index is -0.0849. The Labute approximate surface area is 177 Å². The molecule has 1 heterocycles. The third-order valence-electron chi connectivity index (χ3n) is 4.89. The van der Waals surface area contributed by atoms with Gasteiger partial charge >= 0.3 is 0 Å². The molecule has 3 rings (SSSR count). The molecule has 2 aromatic rings. The molecule has 0 bridgehead atoms. The van der Waals surface area contributed by atoms with Crippen molar-refractivity contribution in [3.8, 4) is 11.5 Å². The first-order chi connectivity index (χ1) is 13.1. The highest BCUT2D eigenvalue weighted by atomic mass is 35.5. The predicted octanol–water partition coefficient (Wildman–Crippen LogP) is 4.30. The van der Waals surface area contributed by atoms with Gasteiger partial charge in [-0.15, -0.1) is 12.4 Å². The van der Waals surface area contributed by atoms with Crippen LogP contribution in [0.2, 0.25) is 5.02 Å². The SMILES string of the molecule is COCC1(CNC(=O)c2ccc(Oc3cccc(Cl)c3)cc2)CCNCC1.Cl. The lowest BCUT2D eigenvalue weighted by atomic mass is 9.79. The molecule has 2 N–H and O–H groups in total. The first-order valence-corrected chi connectivity index (χ1v) is 9.49. The van der Waals surface area contributed by atoms with Crippen molar-refractivity contribution in [2.45, 2.75) is 12.8 Å². The molecule has 0 spiro atoms. The van der Waals surface area contributed by atoms with Gasteiger partial charge in [0.15, 0.2) is 0 Å². The number of carbonyl (C=O) groups is 1. The Bertz CT molecular complexity index is 757. The fourth-order valence-electron chi connectivity index (χ4n) is 3.35. The number of benzene rings is 2. The molecule has 5 nitrogen and oxygen atoms in total. The average Bonchev–Trinajstić information content (AvgIpc) is 2.68. The summed E-state index contributed by atoms with van der Waals surface area (Å²) in [5.74, 6) is 1.23. The Morgan fingerprint density at radius 2 is 1.86 bits per heavy atom. The van der Waals surface area contributed by atoms with Crippen molar-refractivity contribution in [2.24, 2.45) is 5.41 Å². The molecule has 1 aliphatic rings. The summed E-state index contributed by atoms with van der Waals surface area (Å²) in [7, 11) is 1.71. The number of nitrogens with one attached hydrogen (secondary N) is 2. The minimum Gasteiger partial charge on any atom is -0.457 e. The Balaban J connectivity index is 0.00000280. The van der Waals surface area contributed by atoms with Crippen molar-refractivity contribution in [3.63, 3.8) is 0 Å². The topological polar surface area (TPSA) is 59.6 Å². The van der Waals surface area contributed by atoms with E-state index >= 15 is 0 Å². The van der Waals surface area contributed by atoms with Gasteiger partial charge in [0.1, 0.15) is 11.5 Å². The van der Waals surface area contributed by atoms with Gasteiger partial charge in [0.05, 0.1) is 6.61 Å². The van der Waals surface area contributed by atoms with Crippen LogP contribution in [0.1, 0.15) is 23.2 Å². The number of ether oxygens (including phenoxy) is 2. The lowest BCUT2D eigenvalue weighted by molar-refractivity contribution is 0.0512. The molecule has 0 atom stereocenters. The summed E-state index contributed by atoms with van der Waals surface area (Å²) in [4.78, 5) is 12.5. The largest absolute Gasteiger partial charge is 0.457 e. The number of amides is 1. The van der Waals surface area contributed by atoms with Crippen LogP contribution in [-0.2, 0) is 4.74 Å². The molecule has 1 saturated heterocycles. The molecule has 0 saturated carbocycles. The molecule has 152 valence electrons. The van der Waals surface area contributed by atoms with Gasteiger partial charge in [-0.25, -0.2) is 0 Å². The Morgan fingerprint density at radius 3 is 2.50 bits per heavy atom. The second-order valence-corrected chi connectivity index (χ2v) is 7.39. The summed E-state index contributed by atoms with van der Waals surface area (Å²) in [6, 6.07) is 14.3. The van der Waals surface area contributed by atoms with Crippen LogP contribution >= 0.6 is 24.0 Å². The molecular formula is C21H26Cl2N2O3.